The second kappa shape index (κ2) is 5.06. The van der Waals surface area contributed by atoms with E-state index in [1.165, 1.54) is 26.1 Å². The summed E-state index contributed by atoms with van der Waals surface area (Å²) in [7, 11) is 1.71. The largest absolute Gasteiger partial charge is 0.497 e. The van der Waals surface area contributed by atoms with Gasteiger partial charge in [-0.3, -0.25) is 0 Å². The predicted molar refractivity (Wildman–Crippen MR) is 83.2 cm³/mol. The molecule has 1 nitrogen and oxygen atoms in total. The van der Waals surface area contributed by atoms with Gasteiger partial charge in [-0.25, -0.2) is 0 Å². The van der Waals surface area contributed by atoms with Crippen LogP contribution in [0.15, 0.2) is 48.5 Å². The van der Waals surface area contributed by atoms with Gasteiger partial charge in [-0.15, -0.1) is 11.3 Å². The number of hydrogen-bond donors (Lipinski definition) is 0. The van der Waals surface area contributed by atoms with Crippen LogP contribution >= 0.6 is 11.3 Å². The molecule has 19 heavy (non-hydrogen) atoms. The molecule has 0 fully saturated rings. The van der Waals surface area contributed by atoms with Crippen LogP contribution < -0.4 is 4.74 Å². The fourth-order valence-electron chi connectivity index (χ4n) is 2.19. The maximum absolute atomic E-state index is 5.27. The molecule has 1 heterocycles. The number of aryl methyl sites for hydroxylation is 1. The van der Waals surface area contributed by atoms with Gasteiger partial charge in [0.05, 0.1) is 7.11 Å². The Labute approximate surface area is 117 Å². The summed E-state index contributed by atoms with van der Waals surface area (Å²) in [6, 6.07) is 17.3. The Kier molecular flexibility index (Phi) is 3.26. The van der Waals surface area contributed by atoms with Crippen LogP contribution in [-0.2, 0) is 6.42 Å². The average molecular weight is 268 g/mol. The van der Waals surface area contributed by atoms with Gasteiger partial charge in [-0.1, -0.05) is 31.2 Å². The molecule has 0 aliphatic rings. The van der Waals surface area contributed by atoms with Gasteiger partial charge in [0.2, 0.25) is 0 Å². The summed E-state index contributed by atoms with van der Waals surface area (Å²) in [5.74, 6) is 0.919. The minimum atomic E-state index is 0.919. The molecule has 0 saturated carbocycles. The first-order chi connectivity index (χ1) is 9.30. The van der Waals surface area contributed by atoms with Crippen molar-refractivity contribution in [1.82, 2.24) is 0 Å². The maximum atomic E-state index is 5.27. The first-order valence-electron chi connectivity index (χ1n) is 6.47. The molecule has 0 spiro atoms. The van der Waals surface area contributed by atoms with Crippen molar-refractivity contribution in [2.45, 2.75) is 13.3 Å². The summed E-state index contributed by atoms with van der Waals surface area (Å²) in [6.07, 6.45) is 1.09. The predicted octanol–water partition coefficient (Wildman–Crippen LogP) is 5.14. The highest BCUT2D eigenvalue weighted by Gasteiger charge is 2.05. The Morgan fingerprint density at radius 3 is 2.47 bits per heavy atom. The Morgan fingerprint density at radius 1 is 1.00 bits per heavy atom. The number of fused-ring (bicyclic) bond motifs is 1. The lowest BCUT2D eigenvalue weighted by molar-refractivity contribution is 0.415. The number of hydrogen-bond acceptors (Lipinski definition) is 2. The fourth-order valence-corrected chi connectivity index (χ4v) is 3.28. The van der Waals surface area contributed by atoms with Crippen LogP contribution in [0.5, 0.6) is 5.75 Å². The topological polar surface area (TPSA) is 9.23 Å². The Bertz CT molecular complexity index is 695. The van der Waals surface area contributed by atoms with E-state index in [9.17, 15) is 0 Å². The standard InChI is InChI=1S/C17H16OS/c1-3-12-4-6-13(7-5-12)16-10-14-8-9-15(18-2)11-17(14)19-16/h4-11H,3H2,1-2H3. The molecule has 0 N–H and O–H groups in total. The maximum Gasteiger partial charge on any atom is 0.120 e. The van der Waals surface area contributed by atoms with Crippen molar-refractivity contribution in [3.63, 3.8) is 0 Å². The van der Waals surface area contributed by atoms with E-state index in [-0.39, 0.29) is 0 Å². The van der Waals surface area contributed by atoms with Gasteiger partial charge in [-0.2, -0.15) is 0 Å². The van der Waals surface area contributed by atoms with E-state index in [4.69, 9.17) is 4.74 Å². The number of methoxy groups -OCH3 is 1. The zero-order chi connectivity index (χ0) is 13.2. The molecule has 3 aromatic rings. The van der Waals surface area contributed by atoms with E-state index in [1.54, 1.807) is 7.11 Å². The number of thiophene rings is 1. The van der Waals surface area contributed by atoms with Gasteiger partial charge in [0.1, 0.15) is 5.75 Å². The summed E-state index contributed by atoms with van der Waals surface area (Å²) < 4.78 is 6.55. The molecule has 96 valence electrons. The number of benzene rings is 2. The molecule has 0 unspecified atom stereocenters. The summed E-state index contributed by atoms with van der Waals surface area (Å²) >= 11 is 1.81. The monoisotopic (exact) mass is 268 g/mol. The smallest absolute Gasteiger partial charge is 0.120 e. The van der Waals surface area contributed by atoms with E-state index in [0.29, 0.717) is 0 Å². The van der Waals surface area contributed by atoms with Crippen molar-refractivity contribution < 1.29 is 4.74 Å². The Hall–Kier alpha value is -1.80. The minimum absolute atomic E-state index is 0.919. The molecule has 0 aliphatic carbocycles. The molecule has 0 aliphatic heterocycles. The van der Waals surface area contributed by atoms with Crippen LogP contribution in [0.3, 0.4) is 0 Å². The first-order valence-corrected chi connectivity index (χ1v) is 7.28. The van der Waals surface area contributed by atoms with Crippen LogP contribution in [0, 0.1) is 0 Å². The van der Waals surface area contributed by atoms with Crippen LogP contribution in [0.1, 0.15) is 12.5 Å². The third-order valence-electron chi connectivity index (χ3n) is 3.37. The van der Waals surface area contributed by atoms with Crippen molar-refractivity contribution >= 4 is 21.4 Å². The molecule has 2 heteroatoms. The summed E-state index contributed by atoms with van der Waals surface area (Å²) in [5, 5.41) is 1.28. The van der Waals surface area contributed by atoms with Gasteiger partial charge in [0.25, 0.3) is 0 Å². The minimum Gasteiger partial charge on any atom is -0.497 e. The molecule has 1 aromatic heterocycles. The van der Waals surface area contributed by atoms with Gasteiger partial charge in [0, 0.05) is 9.58 Å². The summed E-state index contributed by atoms with van der Waals surface area (Å²) in [4.78, 5) is 1.31. The zero-order valence-corrected chi connectivity index (χ0v) is 12.0. The molecule has 0 atom stereocenters. The third kappa shape index (κ3) is 2.36. The van der Waals surface area contributed by atoms with E-state index in [2.05, 4.69) is 49.4 Å². The molecule has 0 saturated heterocycles. The second-order valence-electron chi connectivity index (χ2n) is 4.56. The molecule has 3 rings (SSSR count). The van der Waals surface area contributed by atoms with Gasteiger partial charge < -0.3 is 4.74 Å². The van der Waals surface area contributed by atoms with Crippen molar-refractivity contribution in [3.05, 3.63) is 54.1 Å². The Balaban J connectivity index is 2.04. The van der Waals surface area contributed by atoms with Crippen LogP contribution in [0.2, 0.25) is 0 Å². The highest BCUT2D eigenvalue weighted by Crippen LogP contribution is 2.35. The summed E-state index contributed by atoms with van der Waals surface area (Å²) in [5.41, 5.74) is 2.67. The Morgan fingerprint density at radius 2 is 1.79 bits per heavy atom. The first kappa shape index (κ1) is 12.2. The van der Waals surface area contributed by atoms with Crippen LogP contribution in [0.25, 0.3) is 20.5 Å². The fraction of sp³-hybridized carbons (Fsp3) is 0.176. The van der Waals surface area contributed by atoms with E-state index >= 15 is 0 Å². The second-order valence-corrected chi connectivity index (χ2v) is 5.65. The third-order valence-corrected chi connectivity index (χ3v) is 4.52. The lowest BCUT2D eigenvalue weighted by Gasteiger charge is -1.99. The number of rotatable bonds is 3. The van der Waals surface area contributed by atoms with E-state index < -0.39 is 0 Å². The highest BCUT2D eigenvalue weighted by molar-refractivity contribution is 7.22. The van der Waals surface area contributed by atoms with Gasteiger partial charge >= 0.3 is 0 Å². The average Bonchev–Trinajstić information content (AvgIpc) is 2.90. The quantitative estimate of drug-likeness (QED) is 0.639. The molecule has 0 radical (unpaired) electrons. The molecular formula is C17H16OS. The van der Waals surface area contributed by atoms with Gasteiger partial charge in [0.15, 0.2) is 0 Å². The van der Waals surface area contributed by atoms with Crippen molar-refractivity contribution in [2.24, 2.45) is 0 Å². The zero-order valence-electron chi connectivity index (χ0n) is 11.1. The molecule has 2 aromatic carbocycles. The van der Waals surface area contributed by atoms with Crippen molar-refractivity contribution in [2.75, 3.05) is 7.11 Å². The highest BCUT2D eigenvalue weighted by atomic mass is 32.1. The SMILES string of the molecule is CCc1ccc(-c2cc3ccc(OC)cc3s2)cc1. The van der Waals surface area contributed by atoms with E-state index in [0.717, 1.165) is 12.2 Å². The summed E-state index contributed by atoms with van der Waals surface area (Å²) in [6.45, 7) is 2.18. The molecular weight excluding hydrogens is 252 g/mol. The molecule has 0 amide bonds. The number of ether oxygens (including phenoxy) is 1. The van der Waals surface area contributed by atoms with Crippen molar-refractivity contribution in [3.8, 4) is 16.2 Å². The van der Waals surface area contributed by atoms with E-state index in [1.807, 2.05) is 17.4 Å². The van der Waals surface area contributed by atoms with Crippen LogP contribution in [0.4, 0.5) is 0 Å². The van der Waals surface area contributed by atoms with Crippen LogP contribution in [-0.4, -0.2) is 7.11 Å². The van der Waals surface area contributed by atoms with Gasteiger partial charge in [-0.05, 0) is 47.2 Å². The molecule has 0 bridgehead atoms. The lowest BCUT2D eigenvalue weighted by Crippen LogP contribution is -1.79. The normalized spacial score (nSPS) is 10.8. The van der Waals surface area contributed by atoms with Crippen molar-refractivity contribution in [1.29, 1.82) is 0 Å². The lowest BCUT2D eigenvalue weighted by atomic mass is 10.1.